The summed E-state index contributed by atoms with van der Waals surface area (Å²) in [6.45, 7) is 4.12. The molecule has 0 saturated heterocycles. The zero-order chi connectivity index (χ0) is 23.2. The number of carbonyl (C=O) groups is 1. The first-order valence-corrected chi connectivity index (χ1v) is 12.3. The highest BCUT2D eigenvalue weighted by Crippen LogP contribution is 2.34. The summed E-state index contributed by atoms with van der Waals surface area (Å²) < 4.78 is 2.16. The Hall–Kier alpha value is -2.66. The molecule has 0 amide bonds. The Morgan fingerprint density at radius 1 is 1.25 bits per heavy atom. The topological polar surface area (TPSA) is 133 Å². The molecule has 1 aliphatic carbocycles. The maximum Gasteiger partial charge on any atom is 0.332 e. The fourth-order valence-corrected chi connectivity index (χ4v) is 6.06. The second kappa shape index (κ2) is 8.70. The first kappa shape index (κ1) is 22.5. The summed E-state index contributed by atoms with van der Waals surface area (Å²) in [4.78, 5) is 59.8. The molecule has 3 heterocycles. The van der Waals surface area contributed by atoms with E-state index in [-0.39, 0.29) is 28.6 Å². The van der Waals surface area contributed by atoms with Gasteiger partial charge in [0.05, 0.1) is 11.1 Å². The van der Waals surface area contributed by atoms with Crippen LogP contribution < -0.4 is 22.5 Å². The Kier molecular flexibility index (Phi) is 6.13. The molecular weight excluding hydrogens is 450 g/mol. The van der Waals surface area contributed by atoms with Crippen LogP contribution in [0.25, 0.3) is 10.2 Å². The molecule has 11 heteroatoms. The third-order valence-electron chi connectivity index (χ3n) is 5.55. The number of thiophene rings is 1. The van der Waals surface area contributed by atoms with Gasteiger partial charge in [-0.25, -0.2) is 9.78 Å². The molecule has 0 atom stereocenters. The van der Waals surface area contributed by atoms with E-state index in [1.54, 1.807) is 0 Å². The van der Waals surface area contributed by atoms with Crippen molar-refractivity contribution in [3.63, 3.8) is 0 Å². The normalized spacial score (nSPS) is 13.6. The van der Waals surface area contributed by atoms with Gasteiger partial charge >= 0.3 is 5.69 Å². The summed E-state index contributed by atoms with van der Waals surface area (Å²) in [5, 5.41) is 0.972. The number of fused-ring (bicyclic) bond motifs is 3. The van der Waals surface area contributed by atoms with Gasteiger partial charge in [-0.2, -0.15) is 0 Å². The summed E-state index contributed by atoms with van der Waals surface area (Å²) in [5.74, 6) is -0.680. The summed E-state index contributed by atoms with van der Waals surface area (Å²) in [7, 11) is 1.33. The van der Waals surface area contributed by atoms with Crippen LogP contribution in [0.15, 0.2) is 19.5 Å². The van der Waals surface area contributed by atoms with Crippen LogP contribution in [0.3, 0.4) is 0 Å². The number of carbonyl (C=O) groups excluding carboxylic acids is 1. The number of hydrogen-bond acceptors (Lipinski definition) is 8. The van der Waals surface area contributed by atoms with Gasteiger partial charge in [-0.3, -0.25) is 23.5 Å². The predicted molar refractivity (Wildman–Crippen MR) is 127 cm³/mol. The molecule has 9 nitrogen and oxygen atoms in total. The standard InChI is InChI=1S/C21H25N5O4S2/c1-10(2)8-26-16(22)15(19(29)25(3)21(26)30)12(27)9-31-20-23-17(28)14-11-6-4-5-7-13(11)32-18(14)24-20/h10H,4-9,22H2,1-3H3,(H,23,24,28). The van der Waals surface area contributed by atoms with Gasteiger partial charge in [0.2, 0.25) is 0 Å². The number of rotatable bonds is 6. The Bertz CT molecular complexity index is 1400. The Morgan fingerprint density at radius 3 is 2.69 bits per heavy atom. The molecule has 3 aromatic heterocycles. The molecule has 0 bridgehead atoms. The first-order chi connectivity index (χ1) is 15.2. The molecule has 3 N–H and O–H groups in total. The third-order valence-corrected chi connectivity index (χ3v) is 7.61. The molecule has 3 aromatic rings. The molecule has 0 saturated carbocycles. The molecule has 0 fully saturated rings. The molecule has 32 heavy (non-hydrogen) atoms. The first-order valence-electron chi connectivity index (χ1n) is 10.5. The van der Waals surface area contributed by atoms with Crippen LogP contribution >= 0.6 is 23.1 Å². The van der Waals surface area contributed by atoms with Crippen molar-refractivity contribution < 1.29 is 4.79 Å². The number of hydrogen-bond donors (Lipinski definition) is 2. The van der Waals surface area contributed by atoms with Gasteiger partial charge < -0.3 is 10.7 Å². The van der Waals surface area contributed by atoms with Gasteiger partial charge in [-0.15, -0.1) is 11.3 Å². The van der Waals surface area contributed by atoms with E-state index in [4.69, 9.17) is 5.73 Å². The van der Waals surface area contributed by atoms with Crippen molar-refractivity contribution in [1.29, 1.82) is 0 Å². The van der Waals surface area contributed by atoms with Crippen LogP contribution in [-0.2, 0) is 26.4 Å². The summed E-state index contributed by atoms with van der Waals surface area (Å²) in [6.07, 6.45) is 4.03. The fourth-order valence-electron chi connectivity index (χ4n) is 4.01. The average molecular weight is 476 g/mol. The van der Waals surface area contributed by atoms with Crippen LogP contribution in [0.2, 0.25) is 0 Å². The van der Waals surface area contributed by atoms with Crippen LogP contribution in [0.4, 0.5) is 5.82 Å². The lowest BCUT2D eigenvalue weighted by Gasteiger charge is -2.16. The summed E-state index contributed by atoms with van der Waals surface area (Å²) in [6, 6.07) is 0. The number of nitrogen functional groups attached to an aromatic ring is 1. The van der Waals surface area contributed by atoms with Crippen molar-refractivity contribution in [1.82, 2.24) is 19.1 Å². The van der Waals surface area contributed by atoms with Crippen LogP contribution in [-0.4, -0.2) is 30.6 Å². The van der Waals surface area contributed by atoms with E-state index in [1.165, 1.54) is 27.8 Å². The van der Waals surface area contributed by atoms with Crippen LogP contribution in [0.5, 0.6) is 0 Å². The molecule has 0 aromatic carbocycles. The number of nitrogens with one attached hydrogen (secondary N) is 1. The van der Waals surface area contributed by atoms with E-state index in [9.17, 15) is 19.2 Å². The molecule has 0 unspecified atom stereocenters. The van der Waals surface area contributed by atoms with E-state index < -0.39 is 17.0 Å². The van der Waals surface area contributed by atoms with E-state index >= 15 is 0 Å². The van der Waals surface area contributed by atoms with Gasteiger partial charge in [0, 0.05) is 18.5 Å². The minimum atomic E-state index is -0.721. The highest BCUT2D eigenvalue weighted by Gasteiger charge is 2.23. The van der Waals surface area contributed by atoms with Gasteiger partial charge in [0.25, 0.3) is 11.1 Å². The lowest BCUT2D eigenvalue weighted by atomic mass is 9.97. The van der Waals surface area contributed by atoms with Crippen molar-refractivity contribution in [3.05, 3.63) is 47.2 Å². The quantitative estimate of drug-likeness (QED) is 0.316. The lowest BCUT2D eigenvalue weighted by molar-refractivity contribution is 0.102. The second-order valence-corrected chi connectivity index (χ2v) is 10.4. The molecule has 0 aliphatic heterocycles. The van der Waals surface area contributed by atoms with Gasteiger partial charge in [-0.1, -0.05) is 25.6 Å². The molecule has 1 aliphatic rings. The number of aromatic amines is 1. The Labute approximate surface area is 191 Å². The van der Waals surface area contributed by atoms with Gasteiger partial charge in [-0.05, 0) is 37.2 Å². The number of aromatic nitrogens is 4. The Balaban J connectivity index is 1.64. The number of anilines is 1. The highest BCUT2D eigenvalue weighted by molar-refractivity contribution is 7.99. The zero-order valence-corrected chi connectivity index (χ0v) is 19.8. The maximum atomic E-state index is 12.9. The molecular formula is C21H25N5O4S2. The number of aryl methyl sites for hydroxylation is 2. The third kappa shape index (κ3) is 3.95. The monoisotopic (exact) mass is 475 g/mol. The number of H-pyrrole nitrogens is 1. The zero-order valence-electron chi connectivity index (χ0n) is 18.2. The van der Waals surface area contributed by atoms with Crippen molar-refractivity contribution >= 4 is 44.9 Å². The number of ketones is 1. The molecule has 0 radical (unpaired) electrons. The average Bonchev–Trinajstić information content (AvgIpc) is 3.12. The maximum absolute atomic E-state index is 12.9. The van der Waals surface area contributed by atoms with Gasteiger partial charge in [0.1, 0.15) is 16.2 Å². The number of nitrogens with zero attached hydrogens (tertiary/aromatic N) is 3. The smallest absolute Gasteiger partial charge is 0.332 e. The largest absolute Gasteiger partial charge is 0.384 e. The predicted octanol–water partition coefficient (Wildman–Crippen LogP) is 1.94. The lowest BCUT2D eigenvalue weighted by Crippen LogP contribution is -2.43. The highest BCUT2D eigenvalue weighted by atomic mass is 32.2. The Morgan fingerprint density at radius 2 is 1.97 bits per heavy atom. The van der Waals surface area contributed by atoms with E-state index in [2.05, 4.69) is 9.97 Å². The minimum absolute atomic E-state index is 0.0995. The van der Waals surface area contributed by atoms with Crippen molar-refractivity contribution in [2.45, 2.75) is 51.2 Å². The fraction of sp³-hybridized carbons (Fsp3) is 0.476. The van der Waals surface area contributed by atoms with Crippen LogP contribution in [0.1, 0.15) is 47.5 Å². The van der Waals surface area contributed by atoms with Crippen LogP contribution in [0, 0.1) is 5.92 Å². The van der Waals surface area contributed by atoms with Crippen molar-refractivity contribution in [2.75, 3.05) is 11.5 Å². The van der Waals surface area contributed by atoms with E-state index in [0.717, 1.165) is 47.6 Å². The van der Waals surface area contributed by atoms with E-state index in [0.29, 0.717) is 21.9 Å². The second-order valence-electron chi connectivity index (χ2n) is 8.39. The number of Topliss-reactive ketones (excluding diaryl/α,β-unsaturated/α-hetero) is 1. The molecule has 170 valence electrons. The summed E-state index contributed by atoms with van der Waals surface area (Å²) in [5.41, 5.74) is 5.48. The van der Waals surface area contributed by atoms with Crippen molar-refractivity contribution in [2.24, 2.45) is 13.0 Å². The van der Waals surface area contributed by atoms with E-state index in [1.807, 2.05) is 13.8 Å². The molecule has 0 spiro atoms. The number of thioether (sulfide) groups is 1. The van der Waals surface area contributed by atoms with Crippen molar-refractivity contribution in [3.8, 4) is 0 Å². The van der Waals surface area contributed by atoms with Gasteiger partial charge in [0.15, 0.2) is 10.9 Å². The summed E-state index contributed by atoms with van der Waals surface area (Å²) >= 11 is 2.58. The molecule has 4 rings (SSSR count). The SMILES string of the molecule is CC(C)Cn1c(N)c(C(=O)CSc2nc3sc4c(c3c(=O)[nH]2)CCCC4)c(=O)n(C)c1=O. The minimum Gasteiger partial charge on any atom is -0.384 e. The number of nitrogens with two attached hydrogens (primary N) is 1.